The fraction of sp³-hybridized carbons (Fsp3) is 0.556. The van der Waals surface area contributed by atoms with Crippen LogP contribution < -0.4 is 9.64 Å². The van der Waals surface area contributed by atoms with Gasteiger partial charge in [0.05, 0.1) is 17.1 Å². The molecule has 1 heterocycles. The molecular formula is C27H39NO4S. The summed E-state index contributed by atoms with van der Waals surface area (Å²) in [5.74, 6) is 1.42. The molecule has 6 heteroatoms. The van der Waals surface area contributed by atoms with Crippen molar-refractivity contribution >= 4 is 21.5 Å². The second kappa shape index (κ2) is 11.9. The maximum Gasteiger partial charge on any atom is 0.264 e. The highest BCUT2D eigenvalue weighted by Gasteiger charge is 2.28. The Morgan fingerprint density at radius 3 is 2.15 bits per heavy atom. The van der Waals surface area contributed by atoms with Gasteiger partial charge in [0.1, 0.15) is 0 Å². The molecule has 2 aromatic rings. The number of aryl methyl sites for hydroxylation is 3. The lowest BCUT2D eigenvalue weighted by atomic mass is 9.96. The highest BCUT2D eigenvalue weighted by molar-refractivity contribution is 7.85. The Bertz CT molecular complexity index is 1030. The van der Waals surface area contributed by atoms with Crippen molar-refractivity contribution in [1.82, 2.24) is 0 Å². The number of rotatable bonds is 13. The van der Waals surface area contributed by atoms with E-state index in [1.165, 1.54) is 16.7 Å². The van der Waals surface area contributed by atoms with E-state index >= 15 is 0 Å². The van der Waals surface area contributed by atoms with Gasteiger partial charge in [-0.15, -0.1) is 0 Å². The molecule has 0 aromatic heterocycles. The molecule has 5 nitrogen and oxygen atoms in total. The summed E-state index contributed by atoms with van der Waals surface area (Å²) in [5, 5.41) is 0. The number of nitrogens with zero attached hydrogens (tertiary/aromatic N) is 1. The summed E-state index contributed by atoms with van der Waals surface area (Å²) in [6.07, 6.45) is 10.1. The van der Waals surface area contributed by atoms with Gasteiger partial charge in [-0.05, 0) is 79.8 Å². The van der Waals surface area contributed by atoms with Crippen molar-refractivity contribution in [2.24, 2.45) is 0 Å². The first kappa shape index (κ1) is 25.6. The van der Waals surface area contributed by atoms with Crippen LogP contribution in [0.2, 0.25) is 0 Å². The fourth-order valence-corrected chi connectivity index (χ4v) is 4.96. The molecule has 3 rings (SSSR count). The van der Waals surface area contributed by atoms with Crippen LogP contribution in [-0.4, -0.2) is 25.3 Å². The molecule has 0 radical (unpaired) electrons. The number of hydrogen-bond donors (Lipinski definition) is 1. The standard InChI is InChI=1S/C27H39NO4S/c1-4-7-11-21-14-15-25-24(19-21)28(16-10-17-33(29,30)31)27-23(13-9-6-3)18-22(12-8-5-2)20-26(27)32-25/h14-15,18-20H,4-13,16-17H2,1-3H3,(H,29,30,31). The largest absolute Gasteiger partial charge is 0.453 e. The zero-order chi connectivity index (χ0) is 23.8. The number of fused-ring (bicyclic) bond motifs is 2. The van der Waals surface area contributed by atoms with E-state index in [-0.39, 0.29) is 5.75 Å². The van der Waals surface area contributed by atoms with E-state index in [1.54, 1.807) is 0 Å². The first-order valence-corrected chi connectivity index (χ1v) is 14.2. The topological polar surface area (TPSA) is 66.8 Å². The van der Waals surface area contributed by atoms with Crippen LogP contribution in [0.4, 0.5) is 11.4 Å². The molecule has 2 aromatic carbocycles. The van der Waals surface area contributed by atoms with Crippen molar-refractivity contribution in [2.75, 3.05) is 17.2 Å². The third-order valence-electron chi connectivity index (χ3n) is 6.24. The summed E-state index contributed by atoms with van der Waals surface area (Å²) >= 11 is 0. The highest BCUT2D eigenvalue weighted by Crippen LogP contribution is 2.49. The predicted octanol–water partition coefficient (Wildman–Crippen LogP) is 7.24. The lowest BCUT2D eigenvalue weighted by molar-refractivity contribution is 0.469. The number of unbranched alkanes of at least 4 members (excludes halogenated alkanes) is 3. The Morgan fingerprint density at radius 1 is 0.818 bits per heavy atom. The van der Waals surface area contributed by atoms with Gasteiger partial charge in [0.15, 0.2) is 11.5 Å². The third-order valence-corrected chi connectivity index (χ3v) is 7.04. The predicted molar refractivity (Wildman–Crippen MR) is 137 cm³/mol. The minimum Gasteiger partial charge on any atom is -0.453 e. The molecule has 0 saturated heterocycles. The number of anilines is 2. The summed E-state index contributed by atoms with van der Waals surface area (Å²) in [4.78, 5) is 2.23. The van der Waals surface area contributed by atoms with Crippen molar-refractivity contribution in [1.29, 1.82) is 0 Å². The average molecular weight is 474 g/mol. The van der Waals surface area contributed by atoms with Gasteiger partial charge >= 0.3 is 0 Å². The molecule has 0 aliphatic carbocycles. The maximum atomic E-state index is 11.4. The molecule has 1 aliphatic rings. The van der Waals surface area contributed by atoms with Gasteiger partial charge in [-0.1, -0.05) is 52.2 Å². The maximum absolute atomic E-state index is 11.4. The molecular weight excluding hydrogens is 434 g/mol. The summed E-state index contributed by atoms with van der Waals surface area (Å²) < 4.78 is 38.5. The summed E-state index contributed by atoms with van der Waals surface area (Å²) in [6.45, 7) is 7.10. The van der Waals surface area contributed by atoms with Crippen molar-refractivity contribution < 1.29 is 17.7 Å². The van der Waals surface area contributed by atoms with Crippen molar-refractivity contribution in [3.63, 3.8) is 0 Å². The van der Waals surface area contributed by atoms with Crippen LogP contribution in [0.15, 0.2) is 30.3 Å². The molecule has 0 atom stereocenters. The number of benzene rings is 2. The molecule has 33 heavy (non-hydrogen) atoms. The lowest BCUT2D eigenvalue weighted by Gasteiger charge is -2.35. The van der Waals surface area contributed by atoms with E-state index in [2.05, 4.69) is 49.9 Å². The minimum absolute atomic E-state index is 0.247. The Kier molecular flexibility index (Phi) is 9.21. The van der Waals surface area contributed by atoms with Crippen LogP contribution in [0.5, 0.6) is 11.5 Å². The second-order valence-electron chi connectivity index (χ2n) is 9.11. The van der Waals surface area contributed by atoms with Gasteiger partial charge in [0.2, 0.25) is 0 Å². The van der Waals surface area contributed by atoms with Gasteiger partial charge in [-0.2, -0.15) is 8.42 Å². The lowest BCUT2D eigenvalue weighted by Crippen LogP contribution is -2.26. The van der Waals surface area contributed by atoms with Gasteiger partial charge in [0, 0.05) is 6.54 Å². The number of hydrogen-bond acceptors (Lipinski definition) is 4. The molecule has 0 spiro atoms. The van der Waals surface area contributed by atoms with Crippen LogP contribution in [0.1, 0.15) is 82.4 Å². The zero-order valence-electron chi connectivity index (χ0n) is 20.4. The molecule has 182 valence electrons. The molecule has 0 fully saturated rings. The molecule has 0 unspecified atom stereocenters. The molecule has 1 N–H and O–H groups in total. The fourth-order valence-electron chi connectivity index (χ4n) is 4.47. The van der Waals surface area contributed by atoms with Gasteiger partial charge in [-0.25, -0.2) is 0 Å². The van der Waals surface area contributed by atoms with Gasteiger partial charge < -0.3 is 9.64 Å². The summed E-state index contributed by atoms with van der Waals surface area (Å²) in [5.41, 5.74) is 5.86. The minimum atomic E-state index is -4.00. The van der Waals surface area contributed by atoms with E-state index in [0.717, 1.165) is 80.7 Å². The smallest absolute Gasteiger partial charge is 0.264 e. The molecule has 1 aliphatic heterocycles. The van der Waals surface area contributed by atoms with Crippen LogP contribution in [-0.2, 0) is 29.4 Å². The Labute approximate surface area is 199 Å². The van der Waals surface area contributed by atoms with Gasteiger partial charge in [0.25, 0.3) is 10.1 Å². The van der Waals surface area contributed by atoms with E-state index in [4.69, 9.17) is 4.74 Å². The van der Waals surface area contributed by atoms with Gasteiger partial charge in [-0.3, -0.25) is 4.55 Å². The van der Waals surface area contributed by atoms with E-state index < -0.39 is 10.1 Å². The Morgan fingerprint density at radius 2 is 1.48 bits per heavy atom. The normalized spacial score (nSPS) is 12.9. The van der Waals surface area contributed by atoms with Crippen LogP contribution in [0, 0.1) is 0 Å². The first-order valence-electron chi connectivity index (χ1n) is 12.6. The summed E-state index contributed by atoms with van der Waals surface area (Å²) in [6, 6.07) is 10.8. The second-order valence-corrected chi connectivity index (χ2v) is 10.7. The van der Waals surface area contributed by atoms with Crippen molar-refractivity contribution in [2.45, 2.75) is 85.0 Å². The average Bonchev–Trinajstić information content (AvgIpc) is 2.78. The Hall–Kier alpha value is -2.05. The quantitative estimate of drug-likeness (QED) is 0.311. The zero-order valence-corrected chi connectivity index (χ0v) is 21.2. The van der Waals surface area contributed by atoms with Crippen molar-refractivity contribution in [3.8, 4) is 11.5 Å². The van der Waals surface area contributed by atoms with E-state index in [1.807, 2.05) is 6.07 Å². The molecule has 0 bridgehead atoms. The number of ether oxygens (including phenoxy) is 1. The van der Waals surface area contributed by atoms with Crippen molar-refractivity contribution in [3.05, 3.63) is 47.0 Å². The SMILES string of the molecule is CCCCc1cc(CCCC)c2c(c1)Oc1ccc(CCCC)cc1N2CCCS(=O)(=O)O. The van der Waals surface area contributed by atoms with E-state index in [0.29, 0.717) is 13.0 Å². The highest BCUT2D eigenvalue weighted by atomic mass is 32.2. The Balaban J connectivity index is 2.05. The molecule has 0 saturated carbocycles. The first-order chi connectivity index (χ1) is 15.9. The van der Waals surface area contributed by atoms with Crippen LogP contribution in [0.3, 0.4) is 0 Å². The van der Waals surface area contributed by atoms with E-state index in [9.17, 15) is 13.0 Å². The molecule has 0 amide bonds. The van der Waals surface area contributed by atoms with Crippen LogP contribution in [0.25, 0.3) is 0 Å². The monoisotopic (exact) mass is 473 g/mol. The summed E-state index contributed by atoms with van der Waals surface area (Å²) in [7, 11) is -4.00. The third kappa shape index (κ3) is 6.97. The van der Waals surface area contributed by atoms with Crippen LogP contribution >= 0.6 is 0 Å².